The van der Waals surface area contributed by atoms with E-state index in [0.717, 1.165) is 69.3 Å². The molecule has 2 saturated heterocycles. The summed E-state index contributed by atoms with van der Waals surface area (Å²) in [4.78, 5) is 45.5. The van der Waals surface area contributed by atoms with Gasteiger partial charge in [-0.25, -0.2) is 0 Å². The molecule has 2 aliphatic rings. The second kappa shape index (κ2) is 11.1. The lowest BCUT2D eigenvalue weighted by molar-refractivity contribution is -0.131. The van der Waals surface area contributed by atoms with E-state index in [-0.39, 0.29) is 12.5 Å². The number of amides is 2. The van der Waals surface area contributed by atoms with Crippen molar-refractivity contribution in [2.45, 2.75) is 38.8 Å². The molecule has 0 N–H and O–H groups in total. The predicted molar refractivity (Wildman–Crippen MR) is 140 cm³/mol. The van der Waals surface area contributed by atoms with Crippen LogP contribution in [0.4, 0.5) is 0 Å². The summed E-state index contributed by atoms with van der Waals surface area (Å²) in [7, 11) is 0. The number of piperazine rings is 1. The molecule has 7 nitrogen and oxygen atoms in total. The van der Waals surface area contributed by atoms with Gasteiger partial charge in [0.2, 0.25) is 5.91 Å². The number of aromatic nitrogens is 1. The van der Waals surface area contributed by atoms with Crippen LogP contribution >= 0.6 is 0 Å². The van der Waals surface area contributed by atoms with Crippen molar-refractivity contribution in [2.75, 3.05) is 39.3 Å². The van der Waals surface area contributed by atoms with E-state index < -0.39 is 11.7 Å². The molecule has 0 bridgehead atoms. The molecular formula is C29H34N4O3. The number of benzene rings is 2. The number of carbonyl (C=O) groups is 3. The zero-order valence-corrected chi connectivity index (χ0v) is 20.8. The first-order valence-corrected chi connectivity index (χ1v) is 13.1. The molecule has 36 heavy (non-hydrogen) atoms. The highest BCUT2D eigenvalue weighted by Crippen LogP contribution is 2.23. The van der Waals surface area contributed by atoms with Crippen molar-refractivity contribution >= 4 is 28.5 Å². The van der Waals surface area contributed by atoms with Gasteiger partial charge in [0, 0.05) is 62.9 Å². The quantitative estimate of drug-likeness (QED) is 0.395. The van der Waals surface area contributed by atoms with Gasteiger partial charge < -0.3 is 14.4 Å². The smallest absolute Gasteiger partial charge is 0.295 e. The molecule has 0 spiro atoms. The summed E-state index contributed by atoms with van der Waals surface area (Å²) >= 11 is 0. The monoisotopic (exact) mass is 486 g/mol. The van der Waals surface area contributed by atoms with Crippen molar-refractivity contribution in [1.82, 2.24) is 19.3 Å². The molecule has 0 atom stereocenters. The van der Waals surface area contributed by atoms with E-state index in [2.05, 4.69) is 17.0 Å². The molecule has 188 valence electrons. The van der Waals surface area contributed by atoms with E-state index in [1.54, 1.807) is 11.1 Å². The Morgan fingerprint density at radius 3 is 2.08 bits per heavy atom. The summed E-state index contributed by atoms with van der Waals surface area (Å²) in [5.41, 5.74) is 2.44. The number of hydrogen-bond acceptors (Lipinski definition) is 4. The Hall–Kier alpha value is -3.45. The number of ketones is 1. The Morgan fingerprint density at radius 2 is 1.36 bits per heavy atom. The van der Waals surface area contributed by atoms with Crippen molar-refractivity contribution in [3.8, 4) is 0 Å². The van der Waals surface area contributed by atoms with E-state index >= 15 is 0 Å². The Kier molecular flexibility index (Phi) is 7.47. The zero-order chi connectivity index (χ0) is 24.9. The van der Waals surface area contributed by atoms with Crippen LogP contribution in [-0.2, 0) is 22.7 Å². The molecule has 0 aliphatic carbocycles. The normalized spacial score (nSPS) is 17.2. The third kappa shape index (κ3) is 5.36. The van der Waals surface area contributed by atoms with E-state index in [1.165, 1.54) is 5.56 Å². The number of fused-ring (bicyclic) bond motifs is 1. The Bertz CT molecular complexity index is 1220. The van der Waals surface area contributed by atoms with Crippen molar-refractivity contribution in [3.05, 3.63) is 71.9 Å². The van der Waals surface area contributed by atoms with Crippen LogP contribution in [0, 0.1) is 0 Å². The summed E-state index contributed by atoms with van der Waals surface area (Å²) in [6.45, 7) is 5.14. The van der Waals surface area contributed by atoms with Crippen molar-refractivity contribution in [1.29, 1.82) is 0 Å². The molecule has 3 heterocycles. The molecular weight excluding hydrogens is 452 g/mol. The number of likely N-dealkylation sites (tertiary alicyclic amines) is 1. The fraction of sp³-hybridized carbons (Fsp3) is 0.414. The van der Waals surface area contributed by atoms with Gasteiger partial charge in [-0.1, -0.05) is 61.4 Å². The third-order valence-electron chi connectivity index (χ3n) is 7.40. The minimum absolute atomic E-state index is 0.0671. The molecule has 1 aromatic heterocycles. The average molecular weight is 487 g/mol. The molecule has 3 aromatic rings. The lowest BCUT2D eigenvalue weighted by Crippen LogP contribution is -2.50. The van der Waals surface area contributed by atoms with Gasteiger partial charge >= 0.3 is 0 Å². The number of hydrogen-bond donors (Lipinski definition) is 0. The first-order valence-electron chi connectivity index (χ1n) is 13.1. The van der Waals surface area contributed by atoms with Crippen LogP contribution in [0.25, 0.3) is 10.9 Å². The second-order valence-electron chi connectivity index (χ2n) is 9.87. The van der Waals surface area contributed by atoms with Crippen LogP contribution in [0.1, 0.15) is 41.6 Å². The topological polar surface area (TPSA) is 65.9 Å². The zero-order valence-electron chi connectivity index (χ0n) is 20.8. The molecule has 0 radical (unpaired) electrons. The van der Waals surface area contributed by atoms with Gasteiger partial charge in [0.05, 0.1) is 5.56 Å². The molecule has 5 rings (SSSR count). The van der Waals surface area contributed by atoms with Gasteiger partial charge in [-0.05, 0) is 24.5 Å². The molecule has 2 aromatic carbocycles. The lowest BCUT2D eigenvalue weighted by atomic mass is 10.1. The van der Waals surface area contributed by atoms with E-state index in [0.29, 0.717) is 18.7 Å². The van der Waals surface area contributed by atoms with Crippen LogP contribution in [0.3, 0.4) is 0 Å². The van der Waals surface area contributed by atoms with Gasteiger partial charge in [0.15, 0.2) is 0 Å². The molecule has 2 fully saturated rings. The highest BCUT2D eigenvalue weighted by Gasteiger charge is 2.29. The molecule has 0 unspecified atom stereocenters. The largest absolute Gasteiger partial charge is 0.341 e. The van der Waals surface area contributed by atoms with Crippen molar-refractivity contribution < 1.29 is 14.4 Å². The molecule has 2 aliphatic heterocycles. The minimum Gasteiger partial charge on any atom is -0.341 e. The fourth-order valence-corrected chi connectivity index (χ4v) is 5.33. The second-order valence-corrected chi connectivity index (χ2v) is 9.87. The van der Waals surface area contributed by atoms with Crippen molar-refractivity contribution in [3.63, 3.8) is 0 Å². The highest BCUT2D eigenvalue weighted by atomic mass is 16.2. The van der Waals surface area contributed by atoms with Crippen LogP contribution in [-0.4, -0.2) is 76.1 Å². The standard InChI is InChI=1S/C29H34N4O3/c34-27(31-14-8-1-2-9-15-31)22-33-21-25(24-12-6-7-13-26(24)33)28(35)29(36)32-18-16-30(17-19-32)20-23-10-4-3-5-11-23/h3-7,10-13,21H,1-2,8-9,14-20,22H2. The number of para-hydroxylation sites is 1. The van der Waals surface area contributed by atoms with Gasteiger partial charge in [-0.3, -0.25) is 19.3 Å². The fourth-order valence-electron chi connectivity index (χ4n) is 5.33. The van der Waals surface area contributed by atoms with E-state index in [1.807, 2.05) is 51.9 Å². The Morgan fingerprint density at radius 1 is 0.694 bits per heavy atom. The van der Waals surface area contributed by atoms with E-state index in [9.17, 15) is 14.4 Å². The maximum atomic E-state index is 13.4. The van der Waals surface area contributed by atoms with Gasteiger partial charge in [0.1, 0.15) is 6.54 Å². The summed E-state index contributed by atoms with van der Waals surface area (Å²) in [5, 5.41) is 0.724. The summed E-state index contributed by atoms with van der Waals surface area (Å²) in [6.07, 6.45) is 6.10. The van der Waals surface area contributed by atoms with Crippen LogP contribution in [0.15, 0.2) is 60.8 Å². The lowest BCUT2D eigenvalue weighted by Gasteiger charge is -2.34. The van der Waals surface area contributed by atoms with E-state index in [4.69, 9.17) is 0 Å². The third-order valence-corrected chi connectivity index (χ3v) is 7.40. The Labute approximate surface area is 212 Å². The molecule has 2 amide bonds. The number of nitrogens with zero attached hydrogens (tertiary/aromatic N) is 4. The average Bonchev–Trinajstić information content (AvgIpc) is 3.07. The molecule has 7 heteroatoms. The molecule has 0 saturated carbocycles. The maximum Gasteiger partial charge on any atom is 0.295 e. The summed E-state index contributed by atoms with van der Waals surface area (Å²) in [6, 6.07) is 17.8. The summed E-state index contributed by atoms with van der Waals surface area (Å²) in [5.74, 6) is -0.891. The highest BCUT2D eigenvalue weighted by molar-refractivity contribution is 6.44. The summed E-state index contributed by atoms with van der Waals surface area (Å²) < 4.78 is 1.83. The van der Waals surface area contributed by atoms with Crippen molar-refractivity contribution in [2.24, 2.45) is 0 Å². The number of Topliss-reactive ketones (excluding diaryl/α,β-unsaturated/α-hetero) is 1. The number of rotatable bonds is 6. The van der Waals surface area contributed by atoms with Gasteiger partial charge in [-0.15, -0.1) is 0 Å². The first kappa shape index (κ1) is 24.3. The number of carbonyl (C=O) groups excluding carboxylic acids is 3. The van der Waals surface area contributed by atoms with Gasteiger partial charge in [-0.2, -0.15) is 0 Å². The van der Waals surface area contributed by atoms with Gasteiger partial charge in [0.25, 0.3) is 11.7 Å². The Balaban J connectivity index is 1.27. The maximum absolute atomic E-state index is 13.4. The van der Waals surface area contributed by atoms with Crippen LogP contribution in [0.5, 0.6) is 0 Å². The van der Waals surface area contributed by atoms with Crippen LogP contribution in [0.2, 0.25) is 0 Å². The minimum atomic E-state index is -0.497. The SMILES string of the molecule is O=C(C(=O)N1CCN(Cc2ccccc2)CC1)c1cn(CC(=O)N2CCCCCC2)c2ccccc12. The predicted octanol–water partition coefficient (Wildman–Crippen LogP) is 3.57. The first-order chi connectivity index (χ1) is 17.6. The van der Waals surface area contributed by atoms with Crippen LogP contribution < -0.4 is 0 Å².